The fraction of sp³-hybridized carbons (Fsp3) is 0.562. The Morgan fingerprint density at radius 1 is 1.32 bits per heavy atom. The first-order valence-corrected chi connectivity index (χ1v) is 9.78. The molecular formula is C16H20N8O3S. The molecule has 0 saturated carbocycles. The quantitative estimate of drug-likeness (QED) is 0.201. The number of aliphatic hydroxyl groups is 2. The van der Waals surface area contributed by atoms with Crippen molar-refractivity contribution in [1.29, 1.82) is 0 Å². The summed E-state index contributed by atoms with van der Waals surface area (Å²) in [6.45, 7) is 0.444. The average Bonchev–Trinajstić information content (AvgIpc) is 3.24. The van der Waals surface area contributed by atoms with Gasteiger partial charge in [0, 0.05) is 23.6 Å². The van der Waals surface area contributed by atoms with Crippen molar-refractivity contribution in [3.05, 3.63) is 23.1 Å². The summed E-state index contributed by atoms with van der Waals surface area (Å²) in [6, 6.07) is 0. The van der Waals surface area contributed by atoms with E-state index >= 15 is 0 Å². The van der Waals surface area contributed by atoms with E-state index in [-0.39, 0.29) is 5.82 Å². The monoisotopic (exact) mass is 404 g/mol. The summed E-state index contributed by atoms with van der Waals surface area (Å²) in [7, 11) is 0. The number of unbranched alkanes of at least 4 members (excludes halogenated alkanes) is 1. The van der Waals surface area contributed by atoms with Crippen LogP contribution in [0.15, 0.2) is 17.8 Å². The largest absolute Gasteiger partial charge is 0.387 e. The Kier molecular flexibility index (Phi) is 6.91. The summed E-state index contributed by atoms with van der Waals surface area (Å²) in [6.07, 6.45) is 0.658. The Morgan fingerprint density at radius 3 is 3.00 bits per heavy atom. The molecule has 12 heteroatoms. The van der Waals surface area contributed by atoms with E-state index in [1.54, 1.807) is 4.57 Å². The lowest BCUT2D eigenvalue weighted by molar-refractivity contribution is -0.0288. The number of fused-ring (bicyclic) bond motifs is 1. The van der Waals surface area contributed by atoms with Crippen molar-refractivity contribution in [2.75, 3.05) is 23.8 Å². The molecule has 11 nitrogen and oxygen atoms in total. The Labute approximate surface area is 164 Å². The molecule has 0 spiro atoms. The molecule has 1 aliphatic rings. The van der Waals surface area contributed by atoms with Crippen molar-refractivity contribution < 1.29 is 14.9 Å². The number of azide groups is 1. The van der Waals surface area contributed by atoms with Gasteiger partial charge in [0.25, 0.3) is 0 Å². The lowest BCUT2D eigenvalue weighted by Gasteiger charge is -2.16. The second kappa shape index (κ2) is 9.59. The molecule has 1 saturated heterocycles. The van der Waals surface area contributed by atoms with E-state index in [0.717, 1.165) is 6.42 Å². The van der Waals surface area contributed by atoms with Gasteiger partial charge in [0.2, 0.25) is 0 Å². The van der Waals surface area contributed by atoms with E-state index in [2.05, 4.69) is 36.8 Å². The van der Waals surface area contributed by atoms with Gasteiger partial charge < -0.3 is 20.7 Å². The van der Waals surface area contributed by atoms with Crippen molar-refractivity contribution in [3.8, 4) is 11.8 Å². The lowest BCUT2D eigenvalue weighted by Crippen LogP contribution is -2.32. The molecule has 0 amide bonds. The fourth-order valence-corrected chi connectivity index (χ4v) is 3.63. The van der Waals surface area contributed by atoms with Gasteiger partial charge in [-0.15, -0.1) is 17.7 Å². The zero-order chi connectivity index (χ0) is 19.9. The third-order valence-corrected chi connectivity index (χ3v) is 5.12. The molecule has 3 rings (SSSR count). The van der Waals surface area contributed by atoms with Crippen LogP contribution in [-0.4, -0.2) is 66.1 Å². The molecule has 0 bridgehead atoms. The Bertz CT molecular complexity index is 919. The van der Waals surface area contributed by atoms with Crippen molar-refractivity contribution in [2.45, 2.75) is 37.4 Å². The highest BCUT2D eigenvalue weighted by Gasteiger charge is 2.44. The molecule has 4 N–H and O–H groups in total. The smallest absolute Gasteiger partial charge is 0.167 e. The maximum atomic E-state index is 10.4. The van der Waals surface area contributed by atoms with Crippen LogP contribution in [0.2, 0.25) is 0 Å². The Morgan fingerprint density at radius 2 is 2.18 bits per heavy atom. The normalized spacial score (nSPS) is 23.9. The molecule has 4 atom stereocenters. The van der Waals surface area contributed by atoms with Crippen molar-refractivity contribution in [2.24, 2.45) is 5.11 Å². The van der Waals surface area contributed by atoms with Crippen LogP contribution >= 0.6 is 11.8 Å². The maximum Gasteiger partial charge on any atom is 0.167 e. The molecule has 0 aromatic carbocycles. The van der Waals surface area contributed by atoms with Crippen molar-refractivity contribution in [3.63, 3.8) is 0 Å². The Hall–Kier alpha value is -2.55. The molecular weight excluding hydrogens is 384 g/mol. The molecule has 3 heterocycles. The van der Waals surface area contributed by atoms with Crippen LogP contribution in [-0.2, 0) is 4.74 Å². The van der Waals surface area contributed by atoms with Crippen molar-refractivity contribution >= 4 is 28.7 Å². The van der Waals surface area contributed by atoms with E-state index in [9.17, 15) is 10.2 Å². The molecule has 1 fully saturated rings. The predicted molar refractivity (Wildman–Crippen MR) is 104 cm³/mol. The molecule has 0 radical (unpaired) electrons. The van der Waals surface area contributed by atoms with E-state index in [0.29, 0.717) is 35.6 Å². The summed E-state index contributed by atoms with van der Waals surface area (Å²) in [5.41, 5.74) is 14.8. The van der Waals surface area contributed by atoms with Crippen LogP contribution in [0.5, 0.6) is 0 Å². The standard InChI is InChI=1S/C16H20N8O3S/c17-14-11-15(20-8-19-14)24(9-21-11)16-13(26)12(25)10(27-16)7-28-6-4-2-1-3-5-22-23-18/h8-10,12-13,16,25-26H,1,3,5-7H2,(H2,17,19,20)/t10-,12?,13+,16-/m1/s1. The van der Waals surface area contributed by atoms with Gasteiger partial charge in [-0.05, 0) is 12.0 Å². The zero-order valence-electron chi connectivity index (χ0n) is 14.9. The number of nitrogen functional groups attached to an aromatic ring is 1. The van der Waals surface area contributed by atoms with Gasteiger partial charge in [-0.25, -0.2) is 15.0 Å². The van der Waals surface area contributed by atoms with Crippen LogP contribution in [0.4, 0.5) is 5.82 Å². The lowest BCUT2D eigenvalue weighted by atomic mass is 10.1. The van der Waals surface area contributed by atoms with E-state index in [1.165, 1.54) is 24.4 Å². The predicted octanol–water partition coefficient (Wildman–Crippen LogP) is 0.855. The third-order valence-electron chi connectivity index (χ3n) is 4.20. The number of rotatable bonds is 7. The highest BCUT2D eigenvalue weighted by atomic mass is 32.2. The topological polar surface area (TPSA) is 168 Å². The summed E-state index contributed by atoms with van der Waals surface area (Å²) >= 11 is 1.51. The number of thioether (sulfide) groups is 1. The molecule has 148 valence electrons. The third kappa shape index (κ3) is 4.46. The maximum absolute atomic E-state index is 10.4. The summed E-state index contributed by atoms with van der Waals surface area (Å²) in [5, 5.41) is 24.2. The van der Waals surface area contributed by atoms with Gasteiger partial charge in [0.1, 0.15) is 24.1 Å². The zero-order valence-corrected chi connectivity index (χ0v) is 15.7. The Balaban J connectivity index is 1.53. The van der Waals surface area contributed by atoms with Crippen LogP contribution in [0, 0.1) is 11.8 Å². The van der Waals surface area contributed by atoms with Crippen LogP contribution in [0.3, 0.4) is 0 Å². The van der Waals surface area contributed by atoms with Crippen molar-refractivity contribution in [1.82, 2.24) is 19.5 Å². The molecule has 28 heavy (non-hydrogen) atoms. The number of aliphatic hydroxyl groups excluding tert-OH is 2. The highest BCUT2D eigenvalue weighted by molar-refractivity contribution is 7.99. The van der Waals surface area contributed by atoms with Gasteiger partial charge in [-0.1, -0.05) is 11.0 Å². The molecule has 1 unspecified atom stereocenters. The van der Waals surface area contributed by atoms with Gasteiger partial charge in [-0.3, -0.25) is 4.57 Å². The second-order valence-electron chi connectivity index (χ2n) is 6.06. The number of nitrogens with zero attached hydrogens (tertiary/aromatic N) is 7. The first kappa shape index (κ1) is 20.2. The van der Waals surface area contributed by atoms with Crippen LogP contribution in [0.1, 0.15) is 19.1 Å². The summed E-state index contributed by atoms with van der Waals surface area (Å²) < 4.78 is 7.41. The molecule has 0 aliphatic carbocycles. The number of hydrogen-bond acceptors (Lipinski definition) is 9. The minimum absolute atomic E-state index is 0.238. The van der Waals surface area contributed by atoms with Gasteiger partial charge in [-0.2, -0.15) is 0 Å². The minimum atomic E-state index is -1.12. The number of nitrogens with two attached hydrogens (primary N) is 1. The number of imidazole rings is 1. The van der Waals surface area contributed by atoms with Gasteiger partial charge in [0.15, 0.2) is 17.7 Å². The highest BCUT2D eigenvalue weighted by Crippen LogP contribution is 2.33. The number of anilines is 1. The summed E-state index contributed by atoms with van der Waals surface area (Å²) in [5.74, 6) is 7.31. The minimum Gasteiger partial charge on any atom is -0.387 e. The van der Waals surface area contributed by atoms with E-state index < -0.39 is 24.5 Å². The average molecular weight is 404 g/mol. The number of ether oxygens (including phenoxy) is 1. The van der Waals surface area contributed by atoms with Crippen LogP contribution in [0.25, 0.3) is 21.6 Å². The molecule has 2 aromatic heterocycles. The number of hydrogen-bond donors (Lipinski definition) is 3. The van der Waals surface area contributed by atoms with Crippen LogP contribution < -0.4 is 5.73 Å². The second-order valence-corrected chi connectivity index (χ2v) is 7.09. The summed E-state index contributed by atoms with van der Waals surface area (Å²) in [4.78, 5) is 14.9. The van der Waals surface area contributed by atoms with E-state index in [1.807, 2.05) is 0 Å². The molecule has 1 aliphatic heterocycles. The van der Waals surface area contributed by atoms with Gasteiger partial charge in [0.05, 0.1) is 18.2 Å². The molecule has 2 aromatic rings. The SMILES string of the molecule is [N-]=[N+]=NCCCC#CCSC[C@H]1O[C@@H](n2cnc3c(N)ncnc32)[C@@H](O)C1O. The first-order chi connectivity index (χ1) is 13.6. The van der Waals surface area contributed by atoms with E-state index in [4.69, 9.17) is 16.0 Å². The fourth-order valence-electron chi connectivity index (χ4n) is 2.80. The van der Waals surface area contributed by atoms with Gasteiger partial charge >= 0.3 is 0 Å². The number of aromatic nitrogens is 4. The first-order valence-electron chi connectivity index (χ1n) is 8.62.